The Labute approximate surface area is 282 Å². The third-order valence-electron chi connectivity index (χ3n) is 9.82. The van der Waals surface area contributed by atoms with Crippen molar-refractivity contribution >= 4 is 83.2 Å². The summed E-state index contributed by atoms with van der Waals surface area (Å²) in [4.78, 5) is 10.3. The Morgan fingerprint density at radius 2 is 1.12 bits per heavy atom. The van der Waals surface area contributed by atoms with Crippen LogP contribution in [-0.4, -0.2) is 14.4 Å². The molecule has 0 aliphatic rings. The lowest BCUT2D eigenvalue weighted by Gasteiger charge is -2.21. The van der Waals surface area contributed by atoms with Gasteiger partial charge < -0.3 is 4.57 Å². The molecule has 0 amide bonds. The normalized spacial score (nSPS) is 13.1. The number of hydrogen-bond acceptors (Lipinski definition) is 3. The summed E-state index contributed by atoms with van der Waals surface area (Å²) in [6.45, 7) is 0. The van der Waals surface area contributed by atoms with Crippen LogP contribution in [0.4, 0.5) is 0 Å². The SMILES string of the molecule is O=P(c1ccccc1)(c1ccc(-c2cccc3ccccc23)cc1)c1ccc2nc3c4ccccc4n4c5ccccc5nc4c3cc2c1. The van der Waals surface area contributed by atoms with Crippen molar-refractivity contribution in [2.24, 2.45) is 0 Å². The zero-order valence-corrected chi connectivity index (χ0v) is 27.3. The third kappa shape index (κ3) is 4.21. The molecule has 0 fully saturated rings. The van der Waals surface area contributed by atoms with E-state index in [-0.39, 0.29) is 0 Å². The van der Waals surface area contributed by atoms with Crippen LogP contribution >= 0.6 is 7.14 Å². The van der Waals surface area contributed by atoms with Gasteiger partial charge in [-0.3, -0.25) is 4.40 Å². The summed E-state index contributed by atoms with van der Waals surface area (Å²) in [7, 11) is -3.26. The Hall–Kier alpha value is -6.09. The zero-order valence-electron chi connectivity index (χ0n) is 26.4. The van der Waals surface area contributed by atoms with Crippen molar-refractivity contribution < 1.29 is 4.57 Å². The lowest BCUT2D eigenvalue weighted by molar-refractivity contribution is 0.592. The lowest BCUT2D eigenvalue weighted by Crippen LogP contribution is -2.25. The van der Waals surface area contributed by atoms with Gasteiger partial charge in [0.15, 0.2) is 7.14 Å². The highest BCUT2D eigenvalue weighted by Crippen LogP contribution is 2.44. The van der Waals surface area contributed by atoms with Gasteiger partial charge in [-0.05, 0) is 64.4 Å². The highest BCUT2D eigenvalue weighted by Gasteiger charge is 2.30. The van der Waals surface area contributed by atoms with Crippen molar-refractivity contribution in [1.82, 2.24) is 14.4 Å². The molecule has 0 aliphatic heterocycles. The van der Waals surface area contributed by atoms with Crippen LogP contribution in [0.2, 0.25) is 0 Å². The van der Waals surface area contributed by atoms with Crippen LogP contribution in [0.25, 0.3) is 71.3 Å². The van der Waals surface area contributed by atoms with Crippen molar-refractivity contribution in [3.63, 3.8) is 0 Å². The molecular weight excluding hydrogens is 617 g/mol. The molecule has 0 N–H and O–H groups in total. The minimum atomic E-state index is -3.26. The quantitative estimate of drug-likeness (QED) is 0.109. The van der Waals surface area contributed by atoms with Crippen LogP contribution in [0.5, 0.6) is 0 Å². The van der Waals surface area contributed by atoms with E-state index in [9.17, 15) is 0 Å². The molecular formula is C44H28N3OP. The monoisotopic (exact) mass is 645 g/mol. The predicted molar refractivity (Wildman–Crippen MR) is 205 cm³/mol. The summed E-state index contributed by atoms with van der Waals surface area (Å²) in [5.41, 5.74) is 7.96. The fraction of sp³-hybridized carbons (Fsp3) is 0. The molecule has 49 heavy (non-hydrogen) atoms. The summed E-state index contributed by atoms with van der Waals surface area (Å²) < 4.78 is 17.9. The van der Waals surface area contributed by atoms with Crippen LogP contribution in [0.15, 0.2) is 170 Å². The fourth-order valence-corrected chi connectivity index (χ4v) is 10.1. The van der Waals surface area contributed by atoms with Crippen LogP contribution in [0.1, 0.15) is 0 Å². The molecule has 0 aliphatic carbocycles. The Morgan fingerprint density at radius 3 is 1.98 bits per heavy atom. The Kier molecular flexibility index (Phi) is 6.12. The van der Waals surface area contributed by atoms with E-state index in [2.05, 4.69) is 114 Å². The summed E-state index contributed by atoms with van der Waals surface area (Å²) >= 11 is 0. The Bertz CT molecular complexity index is 2960. The molecule has 3 aromatic heterocycles. The molecule has 10 rings (SSSR count). The van der Waals surface area contributed by atoms with Gasteiger partial charge in [0.2, 0.25) is 0 Å². The average molecular weight is 646 g/mol. The lowest BCUT2D eigenvalue weighted by atomic mass is 9.98. The van der Waals surface area contributed by atoms with Crippen molar-refractivity contribution in [2.75, 3.05) is 0 Å². The number of imidazole rings is 1. The molecule has 5 heteroatoms. The van der Waals surface area contributed by atoms with Crippen molar-refractivity contribution in [3.8, 4) is 11.1 Å². The van der Waals surface area contributed by atoms with Gasteiger partial charge in [-0.2, -0.15) is 0 Å². The molecule has 0 spiro atoms. The topological polar surface area (TPSA) is 47.3 Å². The van der Waals surface area contributed by atoms with E-state index in [0.717, 1.165) is 76.4 Å². The van der Waals surface area contributed by atoms with Crippen LogP contribution in [0.3, 0.4) is 0 Å². The largest absolute Gasteiger partial charge is 0.309 e. The number of hydrogen-bond donors (Lipinski definition) is 0. The second-order valence-electron chi connectivity index (χ2n) is 12.6. The van der Waals surface area contributed by atoms with Gasteiger partial charge in [0.1, 0.15) is 5.65 Å². The molecule has 3 heterocycles. The van der Waals surface area contributed by atoms with E-state index in [4.69, 9.17) is 9.97 Å². The van der Waals surface area contributed by atoms with E-state index in [1.807, 2.05) is 60.7 Å². The highest BCUT2D eigenvalue weighted by molar-refractivity contribution is 7.85. The molecule has 10 aromatic rings. The summed E-state index contributed by atoms with van der Waals surface area (Å²) in [5.74, 6) is 0. The second-order valence-corrected chi connectivity index (χ2v) is 15.3. The van der Waals surface area contributed by atoms with E-state index < -0.39 is 7.14 Å². The van der Waals surface area contributed by atoms with Gasteiger partial charge in [-0.1, -0.05) is 127 Å². The first kappa shape index (κ1) is 28.0. The van der Waals surface area contributed by atoms with Crippen molar-refractivity contribution in [3.05, 3.63) is 170 Å². The predicted octanol–water partition coefficient (Wildman–Crippen LogP) is 9.80. The molecule has 1 atom stereocenters. The standard InChI is InChI=1S/C44H28N3OP/c48-49(32-13-2-1-3-14-32,33-23-21-30(22-24-33)36-17-10-12-29-11-4-5-15-35(29)36)34-25-26-39-31(27-34)28-38-43(45-39)37-16-6-8-19-41(37)47-42-20-9-7-18-40(42)46-44(38)47/h1-28H. The van der Waals surface area contributed by atoms with Crippen LogP contribution in [0, 0.1) is 0 Å². The maximum Gasteiger partial charge on any atom is 0.171 e. The smallest absolute Gasteiger partial charge is 0.171 e. The van der Waals surface area contributed by atoms with Gasteiger partial charge in [0, 0.05) is 32.1 Å². The Balaban J connectivity index is 1.19. The average Bonchev–Trinajstić information content (AvgIpc) is 3.57. The minimum absolute atomic E-state index is 0.774. The molecule has 0 radical (unpaired) electrons. The third-order valence-corrected chi connectivity index (χ3v) is 12.9. The number of aromatic nitrogens is 3. The molecule has 0 bridgehead atoms. The first-order valence-electron chi connectivity index (χ1n) is 16.4. The first-order chi connectivity index (χ1) is 24.2. The zero-order chi connectivity index (χ0) is 32.5. The van der Waals surface area contributed by atoms with Gasteiger partial charge in [-0.15, -0.1) is 0 Å². The number of para-hydroxylation sites is 3. The molecule has 7 aromatic carbocycles. The number of rotatable bonds is 4. The maximum atomic E-state index is 15.7. The van der Waals surface area contributed by atoms with Gasteiger partial charge in [-0.25, -0.2) is 9.97 Å². The number of pyridine rings is 2. The molecule has 0 saturated carbocycles. The van der Waals surface area contributed by atoms with E-state index >= 15 is 4.57 Å². The molecule has 0 saturated heterocycles. The highest BCUT2D eigenvalue weighted by atomic mass is 31.2. The first-order valence-corrected chi connectivity index (χ1v) is 18.1. The van der Waals surface area contributed by atoms with Crippen molar-refractivity contribution in [1.29, 1.82) is 0 Å². The summed E-state index contributed by atoms with van der Waals surface area (Å²) in [6, 6.07) is 57.8. The second kappa shape index (κ2) is 10.7. The molecule has 1 unspecified atom stereocenters. The van der Waals surface area contributed by atoms with Gasteiger partial charge >= 0.3 is 0 Å². The fourth-order valence-electron chi connectivity index (χ4n) is 7.47. The van der Waals surface area contributed by atoms with Crippen LogP contribution in [-0.2, 0) is 4.57 Å². The molecule has 230 valence electrons. The van der Waals surface area contributed by atoms with Gasteiger partial charge in [0.05, 0.1) is 27.6 Å². The van der Waals surface area contributed by atoms with E-state index in [1.165, 1.54) is 10.8 Å². The summed E-state index contributed by atoms with van der Waals surface area (Å²) in [5, 5.41) is 7.73. The minimum Gasteiger partial charge on any atom is -0.309 e. The van der Waals surface area contributed by atoms with Crippen molar-refractivity contribution in [2.45, 2.75) is 0 Å². The number of nitrogens with zero attached hydrogens (tertiary/aromatic N) is 3. The Morgan fingerprint density at radius 1 is 0.449 bits per heavy atom. The van der Waals surface area contributed by atoms with Gasteiger partial charge in [0.25, 0.3) is 0 Å². The maximum absolute atomic E-state index is 15.7. The summed E-state index contributed by atoms with van der Waals surface area (Å²) in [6.07, 6.45) is 0. The van der Waals surface area contributed by atoms with Crippen LogP contribution < -0.4 is 15.9 Å². The van der Waals surface area contributed by atoms with E-state index in [1.54, 1.807) is 0 Å². The number of fused-ring (bicyclic) bond motifs is 10. The van der Waals surface area contributed by atoms with E-state index in [0.29, 0.717) is 0 Å². The number of benzene rings is 7. The molecule has 4 nitrogen and oxygen atoms in total.